The first-order valence-corrected chi connectivity index (χ1v) is 10.6. The SMILES string of the molecule is Cc1ccc(C)c(S(=O)(=O)Nc2cccc(C(=O)NCC3CCCN3)c2)c1. The van der Waals surface area contributed by atoms with E-state index in [-0.39, 0.29) is 10.8 Å². The van der Waals surface area contributed by atoms with Gasteiger partial charge in [-0.1, -0.05) is 18.2 Å². The Morgan fingerprint density at radius 3 is 2.74 bits per heavy atom. The molecule has 0 spiro atoms. The monoisotopic (exact) mass is 387 g/mol. The molecule has 2 aromatic carbocycles. The molecular formula is C20H25N3O3S. The molecule has 1 saturated heterocycles. The van der Waals surface area contributed by atoms with E-state index >= 15 is 0 Å². The molecule has 0 saturated carbocycles. The van der Waals surface area contributed by atoms with Gasteiger partial charge in [-0.3, -0.25) is 9.52 Å². The van der Waals surface area contributed by atoms with E-state index in [1.165, 1.54) is 0 Å². The number of benzene rings is 2. The Kier molecular flexibility index (Phi) is 5.82. The van der Waals surface area contributed by atoms with E-state index < -0.39 is 10.0 Å². The fraction of sp³-hybridized carbons (Fsp3) is 0.350. The molecule has 1 amide bonds. The molecule has 0 radical (unpaired) electrons. The molecule has 6 nitrogen and oxygen atoms in total. The third kappa shape index (κ3) is 4.87. The molecule has 1 atom stereocenters. The predicted molar refractivity (Wildman–Crippen MR) is 107 cm³/mol. The Morgan fingerprint density at radius 2 is 2.00 bits per heavy atom. The molecule has 3 rings (SSSR count). The molecular weight excluding hydrogens is 362 g/mol. The van der Waals surface area contributed by atoms with E-state index in [9.17, 15) is 13.2 Å². The molecule has 1 aliphatic heterocycles. The minimum absolute atomic E-state index is 0.212. The summed E-state index contributed by atoms with van der Waals surface area (Å²) in [6.07, 6.45) is 2.17. The van der Waals surface area contributed by atoms with Crippen LogP contribution in [-0.4, -0.2) is 33.5 Å². The molecule has 1 unspecified atom stereocenters. The fourth-order valence-electron chi connectivity index (χ4n) is 3.18. The Morgan fingerprint density at radius 1 is 1.19 bits per heavy atom. The maximum atomic E-state index is 12.7. The van der Waals surface area contributed by atoms with Crippen molar-refractivity contribution in [3.8, 4) is 0 Å². The van der Waals surface area contributed by atoms with Crippen molar-refractivity contribution < 1.29 is 13.2 Å². The third-order valence-electron chi connectivity index (χ3n) is 4.68. The highest BCUT2D eigenvalue weighted by molar-refractivity contribution is 7.92. The Labute approximate surface area is 160 Å². The first kappa shape index (κ1) is 19.4. The lowest BCUT2D eigenvalue weighted by atomic mass is 10.2. The Bertz CT molecular complexity index is 935. The molecule has 2 aromatic rings. The summed E-state index contributed by atoms with van der Waals surface area (Å²) in [6, 6.07) is 12.1. The van der Waals surface area contributed by atoms with Gasteiger partial charge in [-0.15, -0.1) is 0 Å². The van der Waals surface area contributed by atoms with Crippen molar-refractivity contribution in [2.45, 2.75) is 37.6 Å². The zero-order valence-electron chi connectivity index (χ0n) is 15.6. The van der Waals surface area contributed by atoms with Gasteiger partial charge in [0, 0.05) is 23.8 Å². The maximum Gasteiger partial charge on any atom is 0.262 e. The maximum absolute atomic E-state index is 12.7. The van der Waals surface area contributed by atoms with Crippen molar-refractivity contribution in [2.24, 2.45) is 0 Å². The number of carbonyl (C=O) groups excluding carboxylic acids is 1. The zero-order valence-corrected chi connectivity index (χ0v) is 16.4. The van der Waals surface area contributed by atoms with E-state index in [1.807, 2.05) is 13.0 Å². The van der Waals surface area contributed by atoms with Gasteiger partial charge in [0.25, 0.3) is 15.9 Å². The average Bonchev–Trinajstić information content (AvgIpc) is 3.15. The predicted octanol–water partition coefficient (Wildman–Crippen LogP) is 2.59. The third-order valence-corrected chi connectivity index (χ3v) is 6.20. The molecule has 0 aliphatic carbocycles. The summed E-state index contributed by atoms with van der Waals surface area (Å²) in [6.45, 7) is 5.16. The van der Waals surface area contributed by atoms with Crippen LogP contribution in [0.15, 0.2) is 47.4 Å². The first-order valence-electron chi connectivity index (χ1n) is 9.07. The number of carbonyl (C=O) groups is 1. The van der Waals surface area contributed by atoms with Crippen LogP contribution in [0, 0.1) is 13.8 Å². The number of anilines is 1. The largest absolute Gasteiger partial charge is 0.350 e. The molecule has 7 heteroatoms. The summed E-state index contributed by atoms with van der Waals surface area (Å²) in [7, 11) is -3.73. The van der Waals surface area contributed by atoms with Crippen LogP contribution in [0.1, 0.15) is 34.3 Å². The average molecular weight is 388 g/mol. The molecule has 0 aromatic heterocycles. The molecule has 1 fully saturated rings. The van der Waals surface area contributed by atoms with Gasteiger partial charge < -0.3 is 10.6 Å². The van der Waals surface area contributed by atoms with Crippen LogP contribution < -0.4 is 15.4 Å². The molecule has 1 heterocycles. The highest BCUT2D eigenvalue weighted by Gasteiger charge is 2.19. The molecule has 1 aliphatic rings. The van der Waals surface area contributed by atoms with Crippen molar-refractivity contribution in [3.05, 3.63) is 59.2 Å². The van der Waals surface area contributed by atoms with Crippen LogP contribution in [0.4, 0.5) is 5.69 Å². The van der Waals surface area contributed by atoms with E-state index in [1.54, 1.807) is 43.3 Å². The zero-order chi connectivity index (χ0) is 19.4. The van der Waals surface area contributed by atoms with Gasteiger partial charge in [-0.05, 0) is 68.6 Å². The van der Waals surface area contributed by atoms with Crippen molar-refractivity contribution in [3.63, 3.8) is 0 Å². The minimum Gasteiger partial charge on any atom is -0.350 e. The van der Waals surface area contributed by atoms with Crippen LogP contribution >= 0.6 is 0 Å². The second-order valence-electron chi connectivity index (χ2n) is 6.96. The second kappa shape index (κ2) is 8.10. The lowest BCUT2D eigenvalue weighted by molar-refractivity contribution is 0.0950. The Hall–Kier alpha value is -2.38. The van der Waals surface area contributed by atoms with Gasteiger partial charge in [0.05, 0.1) is 4.90 Å². The van der Waals surface area contributed by atoms with Crippen LogP contribution in [0.25, 0.3) is 0 Å². The van der Waals surface area contributed by atoms with Crippen LogP contribution in [0.3, 0.4) is 0 Å². The highest BCUT2D eigenvalue weighted by Crippen LogP contribution is 2.21. The van der Waals surface area contributed by atoms with Gasteiger partial charge in [0.15, 0.2) is 0 Å². The summed E-state index contributed by atoms with van der Waals surface area (Å²) in [5.41, 5.74) is 2.33. The molecule has 27 heavy (non-hydrogen) atoms. The van der Waals surface area contributed by atoms with Gasteiger partial charge in [-0.25, -0.2) is 8.42 Å². The number of hydrogen-bond acceptors (Lipinski definition) is 4. The van der Waals surface area contributed by atoms with E-state index in [4.69, 9.17) is 0 Å². The number of amides is 1. The van der Waals surface area contributed by atoms with Gasteiger partial charge in [0.1, 0.15) is 0 Å². The van der Waals surface area contributed by atoms with Crippen molar-refractivity contribution in [1.82, 2.24) is 10.6 Å². The minimum atomic E-state index is -3.73. The van der Waals surface area contributed by atoms with Crippen LogP contribution in [0.2, 0.25) is 0 Å². The van der Waals surface area contributed by atoms with Gasteiger partial charge in [0.2, 0.25) is 0 Å². The van der Waals surface area contributed by atoms with Crippen molar-refractivity contribution in [1.29, 1.82) is 0 Å². The fourth-order valence-corrected chi connectivity index (χ4v) is 4.56. The van der Waals surface area contributed by atoms with E-state index in [0.717, 1.165) is 24.9 Å². The van der Waals surface area contributed by atoms with Crippen LogP contribution in [-0.2, 0) is 10.0 Å². The van der Waals surface area contributed by atoms with Crippen molar-refractivity contribution in [2.75, 3.05) is 17.8 Å². The topological polar surface area (TPSA) is 87.3 Å². The summed E-state index contributed by atoms with van der Waals surface area (Å²) in [5.74, 6) is -0.212. The second-order valence-corrected chi connectivity index (χ2v) is 8.61. The summed E-state index contributed by atoms with van der Waals surface area (Å²) < 4.78 is 28.0. The number of aryl methyl sites for hydroxylation is 2. The van der Waals surface area contributed by atoms with E-state index in [0.29, 0.717) is 29.4 Å². The Balaban J connectivity index is 1.73. The van der Waals surface area contributed by atoms with Gasteiger partial charge in [-0.2, -0.15) is 0 Å². The summed E-state index contributed by atoms with van der Waals surface area (Å²) in [4.78, 5) is 12.6. The lowest BCUT2D eigenvalue weighted by Crippen LogP contribution is -2.37. The first-order chi connectivity index (χ1) is 12.8. The normalized spacial score (nSPS) is 16.9. The molecule has 3 N–H and O–H groups in total. The smallest absolute Gasteiger partial charge is 0.262 e. The standard InChI is InChI=1S/C20H25N3O3S/c1-14-8-9-15(2)19(11-14)27(25,26)23-17-6-3-5-16(12-17)20(24)22-13-18-7-4-10-21-18/h3,5-6,8-9,11-12,18,21,23H,4,7,10,13H2,1-2H3,(H,22,24). The summed E-state index contributed by atoms with van der Waals surface area (Å²) >= 11 is 0. The van der Waals surface area contributed by atoms with Gasteiger partial charge >= 0.3 is 0 Å². The number of nitrogens with one attached hydrogen (secondary N) is 3. The summed E-state index contributed by atoms with van der Waals surface area (Å²) in [5, 5.41) is 6.23. The molecule has 0 bridgehead atoms. The number of rotatable bonds is 6. The van der Waals surface area contributed by atoms with Crippen LogP contribution in [0.5, 0.6) is 0 Å². The highest BCUT2D eigenvalue weighted by atomic mass is 32.2. The van der Waals surface area contributed by atoms with E-state index in [2.05, 4.69) is 15.4 Å². The molecule has 144 valence electrons. The number of sulfonamides is 1. The number of hydrogen-bond donors (Lipinski definition) is 3. The quantitative estimate of drug-likeness (QED) is 0.711. The van der Waals surface area contributed by atoms with Crippen molar-refractivity contribution >= 4 is 21.6 Å². The lowest BCUT2D eigenvalue weighted by Gasteiger charge is -2.13.